The van der Waals surface area contributed by atoms with Crippen LogP contribution in [-0.2, 0) is 9.53 Å². The van der Waals surface area contributed by atoms with Gasteiger partial charge in [0.1, 0.15) is 5.76 Å². The van der Waals surface area contributed by atoms with Crippen LogP contribution < -0.4 is 0 Å². The summed E-state index contributed by atoms with van der Waals surface area (Å²) in [4.78, 5) is 10.3. The van der Waals surface area contributed by atoms with Crippen molar-refractivity contribution in [1.82, 2.24) is 0 Å². The first kappa shape index (κ1) is 18.8. The number of carboxylic acids is 1. The first-order valence-electron chi connectivity index (χ1n) is 6.98. The fourth-order valence-electron chi connectivity index (χ4n) is 1.63. The van der Waals surface area contributed by atoms with Crippen LogP contribution in [0.5, 0.6) is 0 Å². The van der Waals surface area contributed by atoms with Crippen molar-refractivity contribution in [2.75, 3.05) is 12.9 Å². The zero-order chi connectivity index (χ0) is 15.2. The molecule has 0 saturated heterocycles. The van der Waals surface area contributed by atoms with E-state index >= 15 is 0 Å². The van der Waals surface area contributed by atoms with E-state index in [1.807, 2.05) is 37.5 Å². The van der Waals surface area contributed by atoms with Crippen LogP contribution in [0.25, 0.3) is 0 Å². The van der Waals surface area contributed by atoms with E-state index in [1.165, 1.54) is 0 Å². The molecule has 4 heteroatoms. The van der Waals surface area contributed by atoms with Gasteiger partial charge in [-0.2, -0.15) is 0 Å². The van der Waals surface area contributed by atoms with E-state index in [4.69, 9.17) is 9.84 Å². The maximum absolute atomic E-state index is 10.3. The minimum atomic E-state index is -0.699. The van der Waals surface area contributed by atoms with Gasteiger partial charge in [0.15, 0.2) is 0 Å². The Bertz CT molecular complexity index is 357. The van der Waals surface area contributed by atoms with E-state index in [0.717, 1.165) is 42.8 Å². The van der Waals surface area contributed by atoms with Crippen LogP contribution in [0.15, 0.2) is 35.0 Å². The van der Waals surface area contributed by atoms with E-state index in [9.17, 15) is 4.79 Å². The molecule has 0 aliphatic carbocycles. The molecule has 0 saturated carbocycles. The van der Waals surface area contributed by atoms with Crippen LogP contribution >= 0.6 is 11.8 Å². The zero-order valence-electron chi connectivity index (χ0n) is 12.7. The number of rotatable bonds is 11. The zero-order valence-corrected chi connectivity index (χ0v) is 13.5. The molecule has 0 atom stereocenters. The molecule has 0 bridgehead atoms. The summed E-state index contributed by atoms with van der Waals surface area (Å²) in [5.41, 5.74) is 1.16. The van der Waals surface area contributed by atoms with Crippen molar-refractivity contribution in [3.05, 3.63) is 35.0 Å². The number of carbonyl (C=O) groups is 1. The molecule has 0 aromatic rings. The van der Waals surface area contributed by atoms with Crippen molar-refractivity contribution in [2.45, 2.75) is 46.0 Å². The maximum Gasteiger partial charge on any atom is 0.303 e. The fourth-order valence-corrected chi connectivity index (χ4v) is 2.45. The number of hydrogen-bond donors (Lipinski definition) is 1. The van der Waals surface area contributed by atoms with Gasteiger partial charge in [-0.25, -0.2) is 0 Å². The average Bonchev–Trinajstić information content (AvgIpc) is 2.40. The van der Waals surface area contributed by atoms with Crippen LogP contribution in [0, 0.1) is 0 Å². The second-order valence-electron chi connectivity index (χ2n) is 4.54. The second-order valence-corrected chi connectivity index (χ2v) is 5.52. The normalized spacial score (nSPS) is 12.9. The molecule has 0 spiro atoms. The predicted octanol–water partition coefficient (Wildman–Crippen LogP) is 4.76. The lowest BCUT2D eigenvalue weighted by Crippen LogP contribution is -1.93. The minimum absolute atomic E-state index is 0.288. The van der Waals surface area contributed by atoms with Crippen molar-refractivity contribution in [2.24, 2.45) is 0 Å². The Labute approximate surface area is 126 Å². The monoisotopic (exact) mass is 298 g/mol. The van der Waals surface area contributed by atoms with E-state index in [2.05, 4.69) is 0 Å². The number of unbranched alkanes of at least 4 members (excludes halogenated alkanes) is 3. The SMILES string of the molecule is C\C=C/C(C)=C\C(=C\SCCCCCCC(=O)O)OC. The third-order valence-corrected chi connectivity index (χ3v) is 3.56. The highest BCUT2D eigenvalue weighted by molar-refractivity contribution is 8.02. The summed E-state index contributed by atoms with van der Waals surface area (Å²) in [6.07, 6.45) is 10.3. The van der Waals surface area contributed by atoms with Gasteiger partial charge in [0.25, 0.3) is 0 Å². The van der Waals surface area contributed by atoms with Crippen molar-refractivity contribution < 1.29 is 14.6 Å². The summed E-state index contributed by atoms with van der Waals surface area (Å²) < 4.78 is 5.30. The number of thioether (sulfide) groups is 1. The van der Waals surface area contributed by atoms with Gasteiger partial charge in [-0.15, -0.1) is 11.8 Å². The highest BCUT2D eigenvalue weighted by Crippen LogP contribution is 2.14. The van der Waals surface area contributed by atoms with E-state index in [1.54, 1.807) is 18.9 Å². The molecule has 0 fully saturated rings. The van der Waals surface area contributed by atoms with Gasteiger partial charge in [0, 0.05) is 11.8 Å². The molecule has 0 unspecified atom stereocenters. The van der Waals surface area contributed by atoms with Crippen molar-refractivity contribution in [1.29, 1.82) is 0 Å². The third kappa shape index (κ3) is 11.9. The van der Waals surface area contributed by atoms with Crippen molar-refractivity contribution in [3.8, 4) is 0 Å². The molecule has 114 valence electrons. The summed E-state index contributed by atoms with van der Waals surface area (Å²) in [6, 6.07) is 0. The molecule has 3 nitrogen and oxygen atoms in total. The molecule has 0 radical (unpaired) electrons. The molecule has 0 amide bonds. The highest BCUT2D eigenvalue weighted by atomic mass is 32.2. The molecule has 0 aliphatic rings. The standard InChI is InChI=1S/C16H26O3S/c1-4-9-14(2)12-15(19-3)13-20-11-8-6-5-7-10-16(17)18/h4,9,12-13H,5-8,10-11H2,1-3H3,(H,17,18)/b9-4-,14-12-,15-13-. The molecule has 0 rings (SSSR count). The van der Waals surface area contributed by atoms with Gasteiger partial charge in [0.05, 0.1) is 7.11 Å². The number of carboxylic acid groups (broad SMARTS) is 1. The minimum Gasteiger partial charge on any atom is -0.496 e. The highest BCUT2D eigenvalue weighted by Gasteiger charge is 1.97. The number of ether oxygens (including phenoxy) is 1. The number of methoxy groups -OCH3 is 1. The first-order valence-corrected chi connectivity index (χ1v) is 8.03. The van der Waals surface area contributed by atoms with Crippen molar-refractivity contribution >= 4 is 17.7 Å². The molecule has 0 aromatic carbocycles. The molecule has 0 aliphatic heterocycles. The summed E-state index contributed by atoms with van der Waals surface area (Å²) in [7, 11) is 1.68. The Morgan fingerprint density at radius 1 is 1.25 bits per heavy atom. The summed E-state index contributed by atoms with van der Waals surface area (Å²) in [5.74, 6) is 1.21. The van der Waals surface area contributed by atoms with Gasteiger partial charge in [-0.05, 0) is 44.1 Å². The van der Waals surface area contributed by atoms with Gasteiger partial charge >= 0.3 is 5.97 Å². The van der Waals surface area contributed by atoms with Crippen LogP contribution in [0.3, 0.4) is 0 Å². The quantitative estimate of drug-likeness (QED) is 0.339. The summed E-state index contributed by atoms with van der Waals surface area (Å²) in [5, 5.41) is 10.5. The molecule has 1 N–H and O–H groups in total. The average molecular weight is 298 g/mol. The Balaban J connectivity index is 3.80. The smallest absolute Gasteiger partial charge is 0.303 e. The molecule has 20 heavy (non-hydrogen) atoms. The Morgan fingerprint density at radius 2 is 1.95 bits per heavy atom. The summed E-state index contributed by atoms with van der Waals surface area (Å²) >= 11 is 1.74. The van der Waals surface area contributed by atoms with Crippen LogP contribution in [0.1, 0.15) is 46.0 Å². The summed E-state index contributed by atoms with van der Waals surface area (Å²) in [6.45, 7) is 4.03. The van der Waals surface area contributed by atoms with E-state index in [0.29, 0.717) is 0 Å². The third-order valence-electron chi connectivity index (χ3n) is 2.64. The van der Waals surface area contributed by atoms with Gasteiger partial charge < -0.3 is 9.84 Å². The lowest BCUT2D eigenvalue weighted by molar-refractivity contribution is -0.137. The largest absolute Gasteiger partial charge is 0.496 e. The van der Waals surface area contributed by atoms with Gasteiger partial charge in [-0.1, -0.05) is 25.0 Å². The number of allylic oxidation sites excluding steroid dienone is 4. The molecular formula is C16H26O3S. The second kappa shape index (κ2) is 12.9. The van der Waals surface area contributed by atoms with Crippen LogP contribution in [-0.4, -0.2) is 23.9 Å². The lowest BCUT2D eigenvalue weighted by atomic mass is 10.2. The van der Waals surface area contributed by atoms with E-state index < -0.39 is 5.97 Å². The topological polar surface area (TPSA) is 46.5 Å². The predicted molar refractivity (Wildman–Crippen MR) is 86.8 cm³/mol. The molecule has 0 aromatic heterocycles. The van der Waals surface area contributed by atoms with Crippen LogP contribution in [0.2, 0.25) is 0 Å². The molecular weight excluding hydrogens is 272 g/mol. The van der Waals surface area contributed by atoms with Crippen molar-refractivity contribution in [3.63, 3.8) is 0 Å². The molecule has 0 heterocycles. The lowest BCUT2D eigenvalue weighted by Gasteiger charge is -2.02. The van der Waals surface area contributed by atoms with Gasteiger partial charge in [-0.3, -0.25) is 4.79 Å². The van der Waals surface area contributed by atoms with Gasteiger partial charge in [0.2, 0.25) is 0 Å². The Kier molecular flexibility index (Phi) is 12.1. The maximum atomic E-state index is 10.3. The van der Waals surface area contributed by atoms with E-state index in [-0.39, 0.29) is 6.42 Å². The number of hydrogen-bond acceptors (Lipinski definition) is 3. The number of aliphatic carboxylic acids is 1. The van der Waals surface area contributed by atoms with Crippen LogP contribution in [0.4, 0.5) is 0 Å². The fraction of sp³-hybridized carbons (Fsp3) is 0.562. The Hall–Kier alpha value is -1.16. The first-order chi connectivity index (χ1) is 9.60. The Morgan fingerprint density at radius 3 is 2.55 bits per heavy atom.